The summed E-state index contributed by atoms with van der Waals surface area (Å²) < 4.78 is 16.0. The molecule has 0 fully saturated rings. The summed E-state index contributed by atoms with van der Waals surface area (Å²) in [6.45, 7) is 3.32. The van der Waals surface area contributed by atoms with Crippen LogP contribution in [0.4, 0.5) is 5.69 Å². The second-order valence-electron chi connectivity index (χ2n) is 5.30. The van der Waals surface area contributed by atoms with Crippen LogP contribution in [-0.4, -0.2) is 38.0 Å². The number of anilines is 1. The molecule has 0 bridgehead atoms. The minimum atomic E-state index is -0.376. The molecular weight excluding hydrogens is 388 g/mol. The van der Waals surface area contributed by atoms with E-state index in [-0.39, 0.29) is 11.0 Å². The Morgan fingerprint density at radius 1 is 1.15 bits per heavy atom. The number of hydrogen-bond acceptors (Lipinski definition) is 5. The number of methoxy groups -OCH3 is 1. The van der Waals surface area contributed by atoms with Crippen molar-refractivity contribution in [2.45, 2.75) is 6.92 Å². The number of nitrogens with one attached hydrogen (secondary N) is 2. The van der Waals surface area contributed by atoms with Gasteiger partial charge in [-0.3, -0.25) is 10.1 Å². The molecule has 0 radical (unpaired) electrons. The van der Waals surface area contributed by atoms with Crippen molar-refractivity contribution in [3.63, 3.8) is 0 Å². The molecule has 2 rings (SSSR count). The molecule has 0 saturated carbocycles. The molecule has 0 unspecified atom stereocenters. The Balaban J connectivity index is 1.98. The molecule has 0 aliphatic rings. The van der Waals surface area contributed by atoms with Crippen molar-refractivity contribution < 1.29 is 19.0 Å². The van der Waals surface area contributed by atoms with Crippen LogP contribution in [0.3, 0.4) is 0 Å². The molecule has 27 heavy (non-hydrogen) atoms. The minimum absolute atomic E-state index is 0.144. The Morgan fingerprint density at radius 3 is 2.63 bits per heavy atom. The quantitative estimate of drug-likeness (QED) is 0.510. The van der Waals surface area contributed by atoms with Crippen LogP contribution >= 0.6 is 23.8 Å². The smallest absolute Gasteiger partial charge is 0.261 e. The SMILES string of the molecule is CCOCCOc1ccccc1C(=O)NC(=S)Nc1ccc(OC)c(Cl)c1. The summed E-state index contributed by atoms with van der Waals surface area (Å²) >= 11 is 11.3. The van der Waals surface area contributed by atoms with E-state index in [9.17, 15) is 4.79 Å². The highest BCUT2D eigenvalue weighted by Crippen LogP contribution is 2.27. The highest BCUT2D eigenvalue weighted by atomic mass is 35.5. The molecule has 0 aliphatic carbocycles. The number of hydrogen-bond donors (Lipinski definition) is 2. The molecule has 144 valence electrons. The van der Waals surface area contributed by atoms with Crippen molar-refractivity contribution >= 4 is 40.5 Å². The van der Waals surface area contributed by atoms with E-state index in [0.29, 0.717) is 47.6 Å². The Kier molecular flexibility index (Phi) is 8.32. The van der Waals surface area contributed by atoms with Crippen LogP contribution < -0.4 is 20.1 Å². The van der Waals surface area contributed by atoms with Gasteiger partial charge in [-0.25, -0.2) is 0 Å². The number of amides is 1. The Morgan fingerprint density at radius 2 is 1.93 bits per heavy atom. The van der Waals surface area contributed by atoms with Crippen molar-refractivity contribution in [2.75, 3.05) is 32.2 Å². The molecule has 0 aromatic heterocycles. The molecule has 2 aromatic carbocycles. The second kappa shape index (κ2) is 10.7. The molecule has 8 heteroatoms. The predicted molar refractivity (Wildman–Crippen MR) is 110 cm³/mol. The van der Waals surface area contributed by atoms with Gasteiger partial charge in [0.05, 0.1) is 24.3 Å². The van der Waals surface area contributed by atoms with Crippen LogP contribution in [0.1, 0.15) is 17.3 Å². The monoisotopic (exact) mass is 408 g/mol. The summed E-state index contributed by atoms with van der Waals surface area (Å²) in [5.74, 6) is 0.638. The lowest BCUT2D eigenvalue weighted by molar-refractivity contribution is 0.0958. The largest absolute Gasteiger partial charge is 0.495 e. The lowest BCUT2D eigenvalue weighted by Gasteiger charge is -2.13. The summed E-state index contributed by atoms with van der Waals surface area (Å²) in [6, 6.07) is 12.0. The summed E-state index contributed by atoms with van der Waals surface area (Å²) in [4.78, 5) is 12.5. The van der Waals surface area contributed by atoms with E-state index in [1.165, 1.54) is 7.11 Å². The third-order valence-electron chi connectivity index (χ3n) is 3.46. The average molecular weight is 409 g/mol. The van der Waals surface area contributed by atoms with Gasteiger partial charge in [-0.05, 0) is 49.5 Å². The van der Waals surface area contributed by atoms with E-state index in [4.69, 9.17) is 38.0 Å². The zero-order valence-corrected chi connectivity index (χ0v) is 16.7. The van der Waals surface area contributed by atoms with Gasteiger partial charge in [0.1, 0.15) is 18.1 Å². The summed E-state index contributed by atoms with van der Waals surface area (Å²) in [5.41, 5.74) is 1.01. The first-order valence-corrected chi connectivity index (χ1v) is 9.09. The van der Waals surface area contributed by atoms with Gasteiger partial charge in [-0.1, -0.05) is 23.7 Å². The molecular formula is C19H21ClN2O4S. The van der Waals surface area contributed by atoms with Gasteiger partial charge in [-0.2, -0.15) is 0 Å². The zero-order chi connectivity index (χ0) is 19.6. The summed E-state index contributed by atoms with van der Waals surface area (Å²) in [6.07, 6.45) is 0. The van der Waals surface area contributed by atoms with E-state index in [1.54, 1.807) is 42.5 Å². The molecule has 0 spiro atoms. The van der Waals surface area contributed by atoms with Gasteiger partial charge in [0.15, 0.2) is 5.11 Å². The van der Waals surface area contributed by atoms with Crippen molar-refractivity contribution in [2.24, 2.45) is 0 Å². The first-order chi connectivity index (χ1) is 13.0. The van der Waals surface area contributed by atoms with Gasteiger partial charge < -0.3 is 19.5 Å². The van der Waals surface area contributed by atoms with Crippen LogP contribution in [0.2, 0.25) is 5.02 Å². The predicted octanol–water partition coefficient (Wildman–Crippen LogP) is 3.89. The number of thiocarbonyl (C=S) groups is 1. The number of para-hydroxylation sites is 1. The number of carbonyl (C=O) groups excluding carboxylic acids is 1. The van der Waals surface area contributed by atoms with E-state index >= 15 is 0 Å². The highest BCUT2D eigenvalue weighted by Gasteiger charge is 2.14. The van der Waals surface area contributed by atoms with Gasteiger partial charge in [0, 0.05) is 12.3 Å². The van der Waals surface area contributed by atoms with Gasteiger partial charge in [0.2, 0.25) is 0 Å². The highest BCUT2D eigenvalue weighted by molar-refractivity contribution is 7.80. The standard InChI is InChI=1S/C19H21ClN2O4S/c1-3-25-10-11-26-16-7-5-4-6-14(16)18(23)22-19(27)21-13-8-9-17(24-2)15(20)12-13/h4-9,12H,3,10-11H2,1-2H3,(H2,21,22,23,27). The lowest BCUT2D eigenvalue weighted by atomic mass is 10.2. The van der Waals surface area contributed by atoms with Crippen LogP contribution in [0.15, 0.2) is 42.5 Å². The fraction of sp³-hybridized carbons (Fsp3) is 0.263. The maximum atomic E-state index is 12.5. The number of halogens is 1. The van der Waals surface area contributed by atoms with Crippen LogP contribution in [0.5, 0.6) is 11.5 Å². The minimum Gasteiger partial charge on any atom is -0.495 e. The number of carbonyl (C=O) groups is 1. The maximum Gasteiger partial charge on any atom is 0.261 e. The Labute approximate surface area is 168 Å². The molecule has 0 heterocycles. The molecule has 0 atom stereocenters. The number of ether oxygens (including phenoxy) is 3. The molecule has 0 saturated heterocycles. The van der Waals surface area contributed by atoms with E-state index in [2.05, 4.69) is 10.6 Å². The van der Waals surface area contributed by atoms with Gasteiger partial charge in [0.25, 0.3) is 5.91 Å². The number of rotatable bonds is 8. The van der Waals surface area contributed by atoms with E-state index < -0.39 is 0 Å². The molecule has 0 aliphatic heterocycles. The summed E-state index contributed by atoms with van der Waals surface area (Å²) in [5, 5.41) is 6.12. The van der Waals surface area contributed by atoms with E-state index in [0.717, 1.165) is 0 Å². The van der Waals surface area contributed by atoms with Crippen LogP contribution in [0.25, 0.3) is 0 Å². The fourth-order valence-corrected chi connectivity index (χ4v) is 2.68. The van der Waals surface area contributed by atoms with Gasteiger partial charge in [-0.15, -0.1) is 0 Å². The zero-order valence-electron chi connectivity index (χ0n) is 15.1. The second-order valence-corrected chi connectivity index (χ2v) is 6.11. The van der Waals surface area contributed by atoms with Crippen molar-refractivity contribution in [1.29, 1.82) is 0 Å². The Bertz CT molecular complexity index is 801. The first-order valence-electron chi connectivity index (χ1n) is 8.30. The molecule has 2 aromatic rings. The lowest BCUT2D eigenvalue weighted by Crippen LogP contribution is -2.34. The molecule has 1 amide bonds. The van der Waals surface area contributed by atoms with Crippen LogP contribution in [0, 0.1) is 0 Å². The van der Waals surface area contributed by atoms with Crippen LogP contribution in [-0.2, 0) is 4.74 Å². The maximum absolute atomic E-state index is 12.5. The van der Waals surface area contributed by atoms with Crippen molar-refractivity contribution in [3.05, 3.63) is 53.1 Å². The van der Waals surface area contributed by atoms with Crippen molar-refractivity contribution in [1.82, 2.24) is 5.32 Å². The fourth-order valence-electron chi connectivity index (χ4n) is 2.21. The topological polar surface area (TPSA) is 68.8 Å². The summed E-state index contributed by atoms with van der Waals surface area (Å²) in [7, 11) is 1.53. The first kappa shape index (κ1) is 21.0. The average Bonchev–Trinajstić information content (AvgIpc) is 2.65. The molecule has 6 nitrogen and oxygen atoms in total. The normalized spacial score (nSPS) is 10.2. The third-order valence-corrected chi connectivity index (χ3v) is 3.96. The Hall–Kier alpha value is -2.35. The van der Waals surface area contributed by atoms with Crippen molar-refractivity contribution in [3.8, 4) is 11.5 Å². The molecule has 2 N–H and O–H groups in total. The van der Waals surface area contributed by atoms with E-state index in [1.807, 2.05) is 6.92 Å². The number of benzene rings is 2. The third kappa shape index (κ3) is 6.39. The van der Waals surface area contributed by atoms with Gasteiger partial charge >= 0.3 is 0 Å².